The smallest absolute Gasteiger partial charge is 0.232 e. The maximum atomic E-state index is 5.85. The third kappa shape index (κ3) is 4.04. The predicted octanol–water partition coefficient (Wildman–Crippen LogP) is 2.53. The first-order valence-electron chi connectivity index (χ1n) is 6.80. The fraction of sp³-hybridized carbons (Fsp3) is 0.692. The molecule has 0 saturated carbocycles. The van der Waals surface area contributed by atoms with Gasteiger partial charge in [-0.25, -0.2) is 4.98 Å². The van der Waals surface area contributed by atoms with Gasteiger partial charge in [0.2, 0.25) is 11.8 Å². The molecule has 1 atom stereocenters. The Morgan fingerprint density at radius 2 is 2.37 bits per heavy atom. The highest BCUT2D eigenvalue weighted by Crippen LogP contribution is 2.24. The summed E-state index contributed by atoms with van der Waals surface area (Å²) < 4.78 is 6.65. The third-order valence-corrected chi connectivity index (χ3v) is 3.92. The Labute approximate surface area is 122 Å². The van der Waals surface area contributed by atoms with Crippen molar-refractivity contribution < 1.29 is 4.74 Å². The molecule has 1 unspecified atom stereocenters. The van der Waals surface area contributed by atoms with Crippen LogP contribution in [-0.4, -0.2) is 47.7 Å². The van der Waals surface area contributed by atoms with E-state index in [1.54, 1.807) is 6.20 Å². The van der Waals surface area contributed by atoms with E-state index in [-0.39, 0.29) is 0 Å². The second kappa shape index (κ2) is 7.05. The average molecular weight is 329 g/mol. The number of anilines is 1. The molecule has 2 rings (SSSR count). The predicted molar refractivity (Wildman–Crippen MR) is 79.7 cm³/mol. The molecule has 1 saturated heterocycles. The molecular weight excluding hydrogens is 308 g/mol. The fourth-order valence-electron chi connectivity index (χ4n) is 2.23. The second-order valence-corrected chi connectivity index (χ2v) is 5.67. The molecule has 0 aliphatic carbocycles. The van der Waals surface area contributed by atoms with Crippen molar-refractivity contribution in [2.75, 3.05) is 32.1 Å². The monoisotopic (exact) mass is 328 g/mol. The number of nitrogens with one attached hydrogen (secondary N) is 1. The fourth-order valence-corrected chi connectivity index (χ4v) is 2.53. The molecule has 0 amide bonds. The van der Waals surface area contributed by atoms with Gasteiger partial charge < -0.3 is 15.0 Å². The molecular formula is C13H21BrN4O. The third-order valence-electron chi connectivity index (χ3n) is 3.38. The van der Waals surface area contributed by atoms with Crippen molar-refractivity contribution in [1.29, 1.82) is 0 Å². The van der Waals surface area contributed by atoms with E-state index in [1.165, 1.54) is 19.3 Å². The van der Waals surface area contributed by atoms with Gasteiger partial charge in [-0.1, -0.05) is 6.42 Å². The molecule has 1 N–H and O–H groups in total. The van der Waals surface area contributed by atoms with Gasteiger partial charge in [-0.2, -0.15) is 4.98 Å². The minimum absolute atomic E-state index is 0.484. The lowest BCUT2D eigenvalue weighted by Gasteiger charge is -2.32. The molecule has 19 heavy (non-hydrogen) atoms. The first-order valence-corrected chi connectivity index (χ1v) is 7.59. The summed E-state index contributed by atoms with van der Waals surface area (Å²) in [5.74, 6) is 1.22. The lowest BCUT2D eigenvalue weighted by Crippen LogP contribution is -2.40. The molecule has 0 bridgehead atoms. The number of likely N-dealkylation sites (N-methyl/N-ethyl adjacent to an activating group) is 1. The van der Waals surface area contributed by atoms with E-state index in [9.17, 15) is 0 Å². The Hall–Kier alpha value is -0.880. The van der Waals surface area contributed by atoms with Crippen molar-refractivity contribution in [1.82, 2.24) is 14.9 Å². The van der Waals surface area contributed by atoms with Crippen LogP contribution < -0.4 is 10.1 Å². The van der Waals surface area contributed by atoms with Gasteiger partial charge in [0, 0.05) is 12.6 Å². The number of hydrogen-bond donors (Lipinski definition) is 1. The Bertz CT molecular complexity index is 416. The van der Waals surface area contributed by atoms with Crippen molar-refractivity contribution in [3.8, 4) is 5.88 Å². The maximum Gasteiger partial charge on any atom is 0.232 e. The van der Waals surface area contributed by atoms with Crippen LogP contribution in [0, 0.1) is 0 Å². The van der Waals surface area contributed by atoms with Crippen LogP contribution in [0.15, 0.2) is 10.7 Å². The lowest BCUT2D eigenvalue weighted by atomic mass is 10.0. The number of hydrogen-bond acceptors (Lipinski definition) is 5. The molecule has 1 aromatic rings. The average Bonchev–Trinajstić information content (AvgIpc) is 2.41. The quantitative estimate of drug-likeness (QED) is 0.900. The number of aromatic nitrogens is 2. The molecule has 5 nitrogen and oxygen atoms in total. The highest BCUT2D eigenvalue weighted by molar-refractivity contribution is 9.10. The van der Waals surface area contributed by atoms with E-state index in [0.717, 1.165) is 17.6 Å². The van der Waals surface area contributed by atoms with Crippen LogP contribution in [-0.2, 0) is 0 Å². The van der Waals surface area contributed by atoms with Crippen LogP contribution >= 0.6 is 15.9 Å². The first kappa shape index (κ1) is 14.5. The van der Waals surface area contributed by atoms with Gasteiger partial charge in [0.25, 0.3) is 0 Å². The zero-order valence-corrected chi connectivity index (χ0v) is 13.1. The summed E-state index contributed by atoms with van der Waals surface area (Å²) in [6, 6.07) is 0.484. The van der Waals surface area contributed by atoms with Crippen molar-refractivity contribution in [2.24, 2.45) is 0 Å². The molecule has 6 heteroatoms. The summed E-state index contributed by atoms with van der Waals surface area (Å²) in [6.45, 7) is 4.65. The van der Waals surface area contributed by atoms with E-state index in [2.05, 4.69) is 43.2 Å². The molecule has 1 aliphatic rings. The van der Waals surface area contributed by atoms with Crippen LogP contribution in [0.3, 0.4) is 0 Å². The van der Waals surface area contributed by atoms with Gasteiger partial charge in [-0.15, -0.1) is 0 Å². The van der Waals surface area contributed by atoms with E-state index in [1.807, 2.05) is 6.92 Å². The summed E-state index contributed by atoms with van der Waals surface area (Å²) in [4.78, 5) is 10.9. The summed E-state index contributed by atoms with van der Waals surface area (Å²) in [7, 11) is 2.16. The topological polar surface area (TPSA) is 50.3 Å². The Balaban J connectivity index is 1.96. The number of likely N-dealkylation sites (tertiary alicyclic amines) is 1. The molecule has 0 radical (unpaired) electrons. The first-order chi connectivity index (χ1) is 9.20. The molecule has 1 aliphatic heterocycles. The molecule has 106 valence electrons. The van der Waals surface area contributed by atoms with Crippen LogP contribution in [0.25, 0.3) is 0 Å². The number of piperidine rings is 1. The zero-order chi connectivity index (χ0) is 13.7. The zero-order valence-electron chi connectivity index (χ0n) is 11.5. The van der Waals surface area contributed by atoms with Crippen LogP contribution in [0.5, 0.6) is 5.88 Å². The van der Waals surface area contributed by atoms with Gasteiger partial charge in [0.05, 0.1) is 10.7 Å². The van der Waals surface area contributed by atoms with Crippen LogP contribution in [0.2, 0.25) is 0 Å². The SMILES string of the molecule is CCNc1ncc(Br)c(OCC2CCCCN2C)n1. The second-order valence-electron chi connectivity index (χ2n) is 4.82. The lowest BCUT2D eigenvalue weighted by molar-refractivity contribution is 0.122. The molecule has 1 fully saturated rings. The largest absolute Gasteiger partial charge is 0.475 e. The standard InChI is InChI=1S/C13H21BrN4O/c1-3-15-13-16-8-11(14)12(17-13)19-9-10-6-4-5-7-18(10)2/h8,10H,3-7,9H2,1-2H3,(H,15,16,17). The van der Waals surface area contributed by atoms with Gasteiger partial charge >= 0.3 is 0 Å². The summed E-state index contributed by atoms with van der Waals surface area (Å²) in [6.07, 6.45) is 5.49. The van der Waals surface area contributed by atoms with Gasteiger partial charge in [0.15, 0.2) is 0 Å². The van der Waals surface area contributed by atoms with Crippen molar-refractivity contribution >= 4 is 21.9 Å². The number of rotatable bonds is 5. The van der Waals surface area contributed by atoms with Gasteiger partial charge in [0.1, 0.15) is 6.61 Å². The van der Waals surface area contributed by atoms with Crippen molar-refractivity contribution in [3.05, 3.63) is 10.7 Å². The number of nitrogens with zero attached hydrogens (tertiary/aromatic N) is 3. The summed E-state index contributed by atoms with van der Waals surface area (Å²) >= 11 is 3.43. The minimum Gasteiger partial charge on any atom is -0.475 e. The highest BCUT2D eigenvalue weighted by atomic mass is 79.9. The van der Waals surface area contributed by atoms with Gasteiger partial charge in [-0.05, 0) is 49.3 Å². The van der Waals surface area contributed by atoms with Crippen LogP contribution in [0.4, 0.5) is 5.95 Å². The summed E-state index contributed by atoms with van der Waals surface area (Å²) in [5.41, 5.74) is 0. The van der Waals surface area contributed by atoms with E-state index in [4.69, 9.17) is 4.74 Å². The Morgan fingerprint density at radius 3 is 3.11 bits per heavy atom. The van der Waals surface area contributed by atoms with Crippen molar-refractivity contribution in [3.63, 3.8) is 0 Å². The van der Waals surface area contributed by atoms with Crippen molar-refractivity contribution in [2.45, 2.75) is 32.2 Å². The number of ether oxygens (including phenoxy) is 1. The van der Waals surface area contributed by atoms with Gasteiger partial charge in [-0.3, -0.25) is 0 Å². The highest BCUT2D eigenvalue weighted by Gasteiger charge is 2.20. The Kier molecular flexibility index (Phi) is 5.39. The minimum atomic E-state index is 0.484. The normalized spacial score (nSPS) is 20.3. The maximum absolute atomic E-state index is 5.85. The van der Waals surface area contributed by atoms with E-state index >= 15 is 0 Å². The Morgan fingerprint density at radius 1 is 1.53 bits per heavy atom. The summed E-state index contributed by atoms with van der Waals surface area (Å²) in [5, 5.41) is 3.09. The van der Waals surface area contributed by atoms with E-state index < -0.39 is 0 Å². The molecule has 0 spiro atoms. The van der Waals surface area contributed by atoms with E-state index in [0.29, 0.717) is 24.5 Å². The molecule has 1 aromatic heterocycles. The number of halogens is 1. The van der Waals surface area contributed by atoms with Crippen LogP contribution in [0.1, 0.15) is 26.2 Å². The molecule has 0 aromatic carbocycles. The molecule has 2 heterocycles.